The lowest BCUT2D eigenvalue weighted by molar-refractivity contribution is -0.124. The number of carbonyl (C=O) groups is 1. The average Bonchev–Trinajstić information content (AvgIpc) is 2.63. The van der Waals surface area contributed by atoms with Crippen LogP contribution in [0.3, 0.4) is 0 Å². The van der Waals surface area contributed by atoms with E-state index >= 15 is 0 Å². The molecule has 7 nitrogen and oxygen atoms in total. The van der Waals surface area contributed by atoms with E-state index in [9.17, 15) is 4.79 Å². The molecular formula is C19H18N6O. The number of rotatable bonds is 4. The predicted molar refractivity (Wildman–Crippen MR) is 98.1 cm³/mol. The number of hydrogen-bond acceptors (Lipinski definition) is 6. The quantitative estimate of drug-likeness (QED) is 0.752. The summed E-state index contributed by atoms with van der Waals surface area (Å²) < 4.78 is 0. The molecule has 130 valence electrons. The van der Waals surface area contributed by atoms with Gasteiger partial charge >= 0.3 is 0 Å². The largest absolute Gasteiger partial charge is 0.368 e. The van der Waals surface area contributed by atoms with Crippen LogP contribution in [0.15, 0.2) is 55.2 Å². The fourth-order valence-electron chi connectivity index (χ4n) is 3.25. The van der Waals surface area contributed by atoms with E-state index in [-0.39, 0.29) is 11.9 Å². The van der Waals surface area contributed by atoms with E-state index in [1.807, 2.05) is 24.3 Å². The van der Waals surface area contributed by atoms with Crippen LogP contribution < -0.4 is 11.1 Å². The van der Waals surface area contributed by atoms with Gasteiger partial charge in [-0.25, -0.2) is 19.9 Å². The van der Waals surface area contributed by atoms with Crippen LogP contribution in [0.2, 0.25) is 0 Å². The standard InChI is InChI=1S/C19H18N6O/c20-18-22-10-14(11-23-18)13-2-4-15(5-3-13)19(7-1-8-19)17(26)25-16-6-9-21-12-24-16/h2-6,9-12H,1,7-8H2,(H2,20,22,23)(H,21,24,25,26). The van der Waals surface area contributed by atoms with Gasteiger partial charge in [-0.1, -0.05) is 30.7 Å². The molecule has 0 saturated heterocycles. The zero-order valence-corrected chi connectivity index (χ0v) is 14.1. The molecule has 0 atom stereocenters. The molecule has 1 fully saturated rings. The van der Waals surface area contributed by atoms with E-state index in [0.717, 1.165) is 36.0 Å². The summed E-state index contributed by atoms with van der Waals surface area (Å²) >= 11 is 0. The molecule has 26 heavy (non-hydrogen) atoms. The minimum absolute atomic E-state index is 0.0222. The predicted octanol–water partition coefficient (Wildman–Crippen LogP) is 2.58. The van der Waals surface area contributed by atoms with Crippen molar-refractivity contribution in [2.24, 2.45) is 0 Å². The van der Waals surface area contributed by atoms with Crippen LogP contribution in [-0.4, -0.2) is 25.8 Å². The second-order valence-electron chi connectivity index (χ2n) is 6.39. The molecule has 3 N–H and O–H groups in total. The maximum absolute atomic E-state index is 12.9. The van der Waals surface area contributed by atoms with E-state index in [2.05, 4.69) is 25.3 Å². The molecule has 1 amide bonds. The van der Waals surface area contributed by atoms with Gasteiger partial charge in [0.2, 0.25) is 11.9 Å². The molecule has 0 spiro atoms. The Balaban J connectivity index is 1.58. The Bertz CT molecular complexity index is 905. The van der Waals surface area contributed by atoms with Crippen molar-refractivity contribution < 1.29 is 4.79 Å². The first-order valence-corrected chi connectivity index (χ1v) is 8.43. The highest BCUT2D eigenvalue weighted by atomic mass is 16.2. The Labute approximate surface area is 150 Å². The van der Waals surface area contributed by atoms with Crippen LogP contribution in [-0.2, 0) is 10.2 Å². The second-order valence-corrected chi connectivity index (χ2v) is 6.39. The van der Waals surface area contributed by atoms with Gasteiger partial charge in [-0.3, -0.25) is 4.79 Å². The van der Waals surface area contributed by atoms with E-state index in [0.29, 0.717) is 5.82 Å². The third-order valence-corrected chi connectivity index (χ3v) is 4.91. The monoisotopic (exact) mass is 346 g/mol. The summed E-state index contributed by atoms with van der Waals surface area (Å²) in [5.74, 6) is 0.748. The molecule has 1 aliphatic rings. The van der Waals surface area contributed by atoms with Crippen LogP contribution >= 0.6 is 0 Å². The van der Waals surface area contributed by atoms with Gasteiger partial charge in [0.15, 0.2) is 0 Å². The number of hydrogen-bond donors (Lipinski definition) is 2. The molecule has 4 rings (SSSR count). The Hall–Kier alpha value is -3.35. The molecule has 1 aliphatic carbocycles. The van der Waals surface area contributed by atoms with Crippen molar-refractivity contribution in [1.29, 1.82) is 0 Å². The maximum Gasteiger partial charge on any atom is 0.236 e. The van der Waals surface area contributed by atoms with Crippen LogP contribution in [0.4, 0.5) is 11.8 Å². The molecule has 0 unspecified atom stereocenters. The third kappa shape index (κ3) is 2.88. The van der Waals surface area contributed by atoms with Gasteiger partial charge in [0.25, 0.3) is 0 Å². The molecule has 1 saturated carbocycles. The fraction of sp³-hybridized carbons (Fsp3) is 0.211. The molecule has 2 heterocycles. The first-order valence-electron chi connectivity index (χ1n) is 8.43. The van der Waals surface area contributed by atoms with Gasteiger partial charge in [-0.2, -0.15) is 0 Å². The van der Waals surface area contributed by atoms with Crippen LogP contribution in [0.5, 0.6) is 0 Å². The van der Waals surface area contributed by atoms with E-state index < -0.39 is 5.41 Å². The first-order chi connectivity index (χ1) is 12.7. The number of nitrogens with zero attached hydrogens (tertiary/aromatic N) is 4. The smallest absolute Gasteiger partial charge is 0.236 e. The Morgan fingerprint density at radius 2 is 1.73 bits per heavy atom. The molecule has 2 aromatic heterocycles. The Kier molecular flexibility index (Phi) is 4.04. The van der Waals surface area contributed by atoms with Crippen molar-refractivity contribution in [1.82, 2.24) is 19.9 Å². The highest BCUT2D eigenvalue weighted by Crippen LogP contribution is 2.45. The summed E-state index contributed by atoms with van der Waals surface area (Å²) in [4.78, 5) is 28.9. The van der Waals surface area contributed by atoms with Crippen LogP contribution in [0.25, 0.3) is 11.1 Å². The lowest BCUT2D eigenvalue weighted by Crippen LogP contribution is -2.46. The minimum atomic E-state index is -0.499. The molecular weight excluding hydrogens is 328 g/mol. The number of anilines is 2. The molecule has 7 heteroatoms. The number of aromatic nitrogens is 4. The van der Waals surface area contributed by atoms with Gasteiger partial charge in [0.1, 0.15) is 12.1 Å². The Morgan fingerprint density at radius 1 is 1.00 bits per heavy atom. The molecule has 3 aromatic rings. The molecule has 0 bridgehead atoms. The SMILES string of the molecule is Nc1ncc(-c2ccc(C3(C(=O)Nc4ccncn4)CCC3)cc2)cn1. The average molecular weight is 346 g/mol. The lowest BCUT2D eigenvalue weighted by atomic mass is 9.63. The lowest BCUT2D eigenvalue weighted by Gasteiger charge is -2.40. The number of nitrogens with one attached hydrogen (secondary N) is 1. The second kappa shape index (κ2) is 6.51. The normalized spacial score (nSPS) is 15.1. The number of carbonyl (C=O) groups excluding carboxylic acids is 1. The summed E-state index contributed by atoms with van der Waals surface area (Å²) in [6, 6.07) is 9.67. The Morgan fingerprint density at radius 3 is 2.31 bits per heavy atom. The minimum Gasteiger partial charge on any atom is -0.368 e. The zero-order valence-electron chi connectivity index (χ0n) is 14.1. The highest BCUT2D eigenvalue weighted by Gasteiger charge is 2.45. The number of nitrogen functional groups attached to an aromatic ring is 1. The van der Waals surface area contributed by atoms with E-state index in [1.165, 1.54) is 6.33 Å². The van der Waals surface area contributed by atoms with Gasteiger partial charge in [0.05, 0.1) is 5.41 Å². The summed E-state index contributed by atoms with van der Waals surface area (Å²) in [5.41, 5.74) is 7.92. The number of benzene rings is 1. The number of nitrogens with two attached hydrogens (primary N) is 1. The zero-order chi connectivity index (χ0) is 18.0. The van der Waals surface area contributed by atoms with Gasteiger partial charge < -0.3 is 11.1 Å². The van der Waals surface area contributed by atoms with E-state index in [1.54, 1.807) is 24.7 Å². The van der Waals surface area contributed by atoms with Gasteiger partial charge in [0, 0.05) is 24.2 Å². The van der Waals surface area contributed by atoms with Crippen LogP contribution in [0.1, 0.15) is 24.8 Å². The highest BCUT2D eigenvalue weighted by molar-refractivity contribution is 5.99. The summed E-state index contributed by atoms with van der Waals surface area (Å²) in [7, 11) is 0. The van der Waals surface area contributed by atoms with Gasteiger partial charge in [-0.15, -0.1) is 0 Å². The summed E-state index contributed by atoms with van der Waals surface area (Å²) in [6.07, 6.45) is 9.11. The van der Waals surface area contributed by atoms with Crippen molar-refractivity contribution in [2.45, 2.75) is 24.7 Å². The van der Waals surface area contributed by atoms with E-state index in [4.69, 9.17) is 5.73 Å². The van der Waals surface area contributed by atoms with Crippen molar-refractivity contribution >= 4 is 17.7 Å². The van der Waals surface area contributed by atoms with Crippen molar-refractivity contribution in [2.75, 3.05) is 11.1 Å². The maximum atomic E-state index is 12.9. The van der Waals surface area contributed by atoms with Crippen molar-refractivity contribution in [3.63, 3.8) is 0 Å². The van der Waals surface area contributed by atoms with Gasteiger partial charge in [-0.05, 0) is 30.0 Å². The third-order valence-electron chi connectivity index (χ3n) is 4.91. The summed E-state index contributed by atoms with van der Waals surface area (Å²) in [5, 5.41) is 2.91. The molecule has 0 aliphatic heterocycles. The van der Waals surface area contributed by atoms with Crippen molar-refractivity contribution in [3.05, 3.63) is 60.8 Å². The number of amides is 1. The topological polar surface area (TPSA) is 107 Å². The van der Waals surface area contributed by atoms with Crippen LogP contribution in [0, 0.1) is 0 Å². The van der Waals surface area contributed by atoms with Crippen molar-refractivity contribution in [3.8, 4) is 11.1 Å². The molecule has 0 radical (unpaired) electrons. The molecule has 1 aromatic carbocycles. The fourth-order valence-corrected chi connectivity index (χ4v) is 3.25. The first kappa shape index (κ1) is 16.1. The summed E-state index contributed by atoms with van der Waals surface area (Å²) in [6.45, 7) is 0.